The molecule has 0 radical (unpaired) electrons. The molecule has 0 saturated carbocycles. The SMILES string of the molecule is C=C.C=C(/C=C\C)C(CCC)CCN(C)C(=O)CNC(=O)/C(=C/C=O)Oc1ccccc1C.CC.Cc1ccc(Cl)c(Cl)c1. The van der Waals surface area contributed by atoms with Gasteiger partial charge in [0.1, 0.15) is 12.0 Å². The van der Waals surface area contributed by atoms with Crippen molar-refractivity contribution in [2.24, 2.45) is 5.92 Å². The number of hydrogen-bond acceptors (Lipinski definition) is 4. The van der Waals surface area contributed by atoms with Gasteiger partial charge >= 0.3 is 0 Å². The summed E-state index contributed by atoms with van der Waals surface area (Å²) in [4.78, 5) is 37.4. The highest BCUT2D eigenvalue weighted by Gasteiger charge is 2.17. The molecule has 0 spiro atoms. The third-order valence-electron chi connectivity index (χ3n) is 6.01. The maximum absolute atomic E-state index is 12.5. The molecule has 242 valence electrons. The lowest BCUT2D eigenvalue weighted by Crippen LogP contribution is -2.40. The first-order valence-corrected chi connectivity index (χ1v) is 15.4. The number of amides is 2. The average Bonchev–Trinajstić information content (AvgIpc) is 3.02. The number of carbonyl (C=O) groups excluding carboxylic acids is 3. The standard InChI is InChI=1S/C25H34N2O4.C7H6Cl2.C2H6.C2H4/c1-6-10-19(3)21(11-7-2)14-16-27(5)24(29)18-26-25(30)23(15-17-28)31-22-13-9-8-12-20(22)4;1-5-2-3-6(8)7(9)4-5;2*1-2/h6,8-10,12-13,15,17,21H,3,7,11,14,16,18H2,1-2,4-5H3,(H,26,30);2-4H,1H3;1-2H3;1-2H2/b10-6-,23-15-;;;. The van der Waals surface area contributed by atoms with Crippen molar-refractivity contribution in [1.29, 1.82) is 0 Å². The fourth-order valence-corrected chi connectivity index (χ4v) is 4.03. The van der Waals surface area contributed by atoms with Gasteiger partial charge in [0.25, 0.3) is 5.91 Å². The number of aldehydes is 1. The van der Waals surface area contributed by atoms with Gasteiger partial charge in [-0.3, -0.25) is 14.4 Å². The largest absolute Gasteiger partial charge is 0.451 e. The van der Waals surface area contributed by atoms with Gasteiger partial charge in [0, 0.05) is 19.7 Å². The molecule has 0 aliphatic rings. The van der Waals surface area contributed by atoms with E-state index in [4.69, 9.17) is 27.9 Å². The zero-order chi connectivity index (χ0) is 34.1. The molecule has 2 amide bonds. The van der Waals surface area contributed by atoms with Crippen LogP contribution in [0.5, 0.6) is 5.75 Å². The van der Waals surface area contributed by atoms with Crippen molar-refractivity contribution in [2.75, 3.05) is 20.1 Å². The predicted octanol–water partition coefficient (Wildman–Crippen LogP) is 9.10. The Balaban J connectivity index is 0. The average molecular weight is 646 g/mol. The molecular formula is C36H50Cl2N2O4. The van der Waals surface area contributed by atoms with E-state index < -0.39 is 5.91 Å². The topological polar surface area (TPSA) is 75.7 Å². The van der Waals surface area contributed by atoms with Crippen molar-refractivity contribution in [3.05, 3.63) is 113 Å². The summed E-state index contributed by atoms with van der Waals surface area (Å²) in [6, 6.07) is 12.7. The number of carbonyl (C=O) groups is 3. The van der Waals surface area contributed by atoms with Crippen LogP contribution in [-0.4, -0.2) is 43.1 Å². The van der Waals surface area contributed by atoms with Crippen LogP contribution < -0.4 is 10.1 Å². The highest BCUT2D eigenvalue weighted by molar-refractivity contribution is 6.42. The Kier molecular flexibility index (Phi) is 25.0. The molecule has 2 aromatic rings. The van der Waals surface area contributed by atoms with E-state index in [1.165, 1.54) is 0 Å². The minimum Gasteiger partial charge on any atom is -0.451 e. The van der Waals surface area contributed by atoms with Gasteiger partial charge in [0.2, 0.25) is 5.91 Å². The van der Waals surface area contributed by atoms with E-state index in [-0.39, 0.29) is 18.2 Å². The second kappa shape index (κ2) is 25.8. The fourth-order valence-electron chi connectivity index (χ4n) is 3.67. The lowest BCUT2D eigenvalue weighted by atomic mass is 9.91. The minimum atomic E-state index is -0.623. The molecule has 0 aliphatic carbocycles. The number of nitrogens with zero attached hydrogens (tertiary/aromatic N) is 1. The Morgan fingerprint density at radius 2 is 1.68 bits per heavy atom. The highest BCUT2D eigenvalue weighted by Crippen LogP contribution is 2.22. The van der Waals surface area contributed by atoms with Crippen molar-refractivity contribution in [1.82, 2.24) is 10.2 Å². The Morgan fingerprint density at radius 1 is 1.05 bits per heavy atom. The molecular weight excluding hydrogens is 595 g/mol. The number of likely N-dealkylation sites (N-methyl/N-ethyl adjacent to an activating group) is 1. The summed E-state index contributed by atoms with van der Waals surface area (Å²) >= 11 is 11.3. The number of benzene rings is 2. The first-order valence-electron chi connectivity index (χ1n) is 14.7. The lowest BCUT2D eigenvalue weighted by molar-refractivity contribution is -0.131. The van der Waals surface area contributed by atoms with E-state index in [0.717, 1.165) is 42.0 Å². The quantitative estimate of drug-likeness (QED) is 0.0775. The van der Waals surface area contributed by atoms with Gasteiger partial charge in [-0.2, -0.15) is 0 Å². The molecule has 6 nitrogen and oxygen atoms in total. The molecule has 0 fully saturated rings. The van der Waals surface area contributed by atoms with Crippen LogP contribution in [0.15, 0.2) is 91.8 Å². The third-order valence-corrected chi connectivity index (χ3v) is 6.75. The Labute approximate surface area is 275 Å². The number of aryl methyl sites for hydroxylation is 2. The molecule has 0 aliphatic heterocycles. The maximum atomic E-state index is 12.5. The molecule has 0 heterocycles. The van der Waals surface area contributed by atoms with Crippen molar-refractivity contribution < 1.29 is 19.1 Å². The van der Waals surface area contributed by atoms with Crippen molar-refractivity contribution >= 4 is 41.3 Å². The molecule has 1 unspecified atom stereocenters. The molecule has 2 rings (SSSR count). The Bertz CT molecular complexity index is 1220. The molecule has 44 heavy (non-hydrogen) atoms. The second-order valence-electron chi connectivity index (χ2n) is 9.30. The van der Waals surface area contributed by atoms with E-state index in [0.29, 0.717) is 34.5 Å². The van der Waals surface area contributed by atoms with Gasteiger partial charge in [-0.05, 0) is 68.9 Å². The molecule has 2 aromatic carbocycles. The maximum Gasteiger partial charge on any atom is 0.287 e. The van der Waals surface area contributed by atoms with Gasteiger partial charge in [-0.25, -0.2) is 0 Å². The zero-order valence-corrected chi connectivity index (χ0v) is 28.9. The highest BCUT2D eigenvalue weighted by atomic mass is 35.5. The number of ether oxygens (including phenoxy) is 1. The number of allylic oxidation sites excluding steroid dienone is 4. The summed E-state index contributed by atoms with van der Waals surface area (Å²) in [5, 5.41) is 3.77. The van der Waals surface area contributed by atoms with E-state index >= 15 is 0 Å². The second-order valence-corrected chi connectivity index (χ2v) is 10.1. The lowest BCUT2D eigenvalue weighted by Gasteiger charge is -2.22. The van der Waals surface area contributed by atoms with E-state index in [1.54, 1.807) is 30.1 Å². The van der Waals surface area contributed by atoms with E-state index in [1.807, 2.05) is 71.0 Å². The third kappa shape index (κ3) is 17.5. The number of nitrogens with one attached hydrogen (secondary N) is 1. The number of rotatable bonds is 13. The van der Waals surface area contributed by atoms with Crippen LogP contribution in [-0.2, 0) is 14.4 Å². The molecule has 0 bridgehead atoms. The van der Waals surface area contributed by atoms with Gasteiger partial charge in [0.05, 0.1) is 16.6 Å². The smallest absolute Gasteiger partial charge is 0.287 e. The van der Waals surface area contributed by atoms with Crippen LogP contribution in [0.3, 0.4) is 0 Å². The first kappa shape index (κ1) is 42.5. The van der Waals surface area contributed by atoms with Crippen LogP contribution in [0.4, 0.5) is 0 Å². The zero-order valence-electron chi connectivity index (χ0n) is 27.4. The van der Waals surface area contributed by atoms with Crippen LogP contribution in [0.25, 0.3) is 0 Å². The summed E-state index contributed by atoms with van der Waals surface area (Å²) in [6.45, 7) is 22.4. The van der Waals surface area contributed by atoms with Gasteiger partial charge < -0.3 is 15.0 Å². The molecule has 1 atom stereocenters. The summed E-state index contributed by atoms with van der Waals surface area (Å²) in [6.07, 6.45) is 8.36. The van der Waals surface area contributed by atoms with E-state index in [9.17, 15) is 14.4 Å². The fraction of sp³-hybridized carbons (Fsp3) is 0.361. The normalized spacial score (nSPS) is 10.9. The van der Waals surface area contributed by atoms with E-state index in [2.05, 4.69) is 32.0 Å². The van der Waals surface area contributed by atoms with Crippen LogP contribution in [0.2, 0.25) is 10.0 Å². The summed E-state index contributed by atoms with van der Waals surface area (Å²) < 4.78 is 5.57. The number of hydrogen-bond donors (Lipinski definition) is 1. The predicted molar refractivity (Wildman–Crippen MR) is 187 cm³/mol. The monoisotopic (exact) mass is 644 g/mol. The number of para-hydroxylation sites is 1. The van der Waals surface area contributed by atoms with Crippen molar-refractivity contribution in [3.8, 4) is 5.75 Å². The van der Waals surface area contributed by atoms with Crippen LogP contribution in [0.1, 0.15) is 58.1 Å². The molecule has 0 aromatic heterocycles. The van der Waals surface area contributed by atoms with Gasteiger partial charge in [-0.15, -0.1) is 13.2 Å². The number of halogens is 2. The summed E-state index contributed by atoms with van der Waals surface area (Å²) in [5.74, 6) is -0.220. The first-order chi connectivity index (χ1) is 21.0. The minimum absolute atomic E-state index is 0.162. The van der Waals surface area contributed by atoms with Crippen molar-refractivity contribution in [3.63, 3.8) is 0 Å². The molecule has 1 N–H and O–H groups in total. The van der Waals surface area contributed by atoms with Crippen molar-refractivity contribution in [2.45, 2.75) is 60.8 Å². The summed E-state index contributed by atoms with van der Waals surface area (Å²) in [7, 11) is 1.71. The molecule has 0 saturated heterocycles. The van der Waals surface area contributed by atoms with Crippen LogP contribution >= 0.6 is 23.2 Å². The Morgan fingerprint density at radius 3 is 2.20 bits per heavy atom. The van der Waals surface area contributed by atoms with Crippen LogP contribution in [0, 0.1) is 19.8 Å². The van der Waals surface area contributed by atoms with Gasteiger partial charge in [0.15, 0.2) is 5.76 Å². The molecule has 8 heteroatoms. The van der Waals surface area contributed by atoms with Gasteiger partial charge in [-0.1, -0.05) is 99.0 Å². The Hall–Kier alpha value is -3.61. The summed E-state index contributed by atoms with van der Waals surface area (Å²) in [5.41, 5.74) is 3.02.